The Balaban J connectivity index is 2.09. The van der Waals surface area contributed by atoms with Crippen molar-refractivity contribution < 1.29 is 19.7 Å². The molecule has 3 aromatic rings. The first-order valence-electron chi connectivity index (χ1n) is 10.2. The summed E-state index contributed by atoms with van der Waals surface area (Å²) in [5.74, 6) is 1.61. The van der Waals surface area contributed by atoms with Crippen molar-refractivity contribution in [2.45, 2.75) is 39.3 Å². The van der Waals surface area contributed by atoms with Gasteiger partial charge in [-0.05, 0) is 80.6 Å². The Labute approximate surface area is 177 Å². The zero-order valence-corrected chi connectivity index (χ0v) is 18.4. The fourth-order valence-corrected chi connectivity index (χ4v) is 4.82. The number of nitrogens with zero attached hydrogens (tertiary/aromatic N) is 1. The van der Waals surface area contributed by atoms with Crippen molar-refractivity contribution in [3.05, 3.63) is 47.0 Å². The van der Waals surface area contributed by atoms with E-state index in [2.05, 4.69) is 25.8 Å². The highest BCUT2D eigenvalue weighted by molar-refractivity contribution is 6.05. The standard InChI is InChI=1S/C25H29NO4/c1-13-9-18-17(7-8-21(29-5)23(18)19(27)10-13)24-20(28)12-16-11-14(2)26(4)15(3)22(16)25(24)30-6/h7-10,12,14-15,27-28H,11H2,1-6H3/t14-,15-/m1/s1. The van der Waals surface area contributed by atoms with Gasteiger partial charge in [0, 0.05) is 17.6 Å². The predicted molar refractivity (Wildman–Crippen MR) is 120 cm³/mol. The van der Waals surface area contributed by atoms with E-state index in [0.29, 0.717) is 28.5 Å². The molecule has 3 aromatic carbocycles. The van der Waals surface area contributed by atoms with E-state index < -0.39 is 0 Å². The summed E-state index contributed by atoms with van der Waals surface area (Å²) < 4.78 is 11.4. The number of fused-ring (bicyclic) bond motifs is 2. The minimum absolute atomic E-state index is 0.151. The summed E-state index contributed by atoms with van der Waals surface area (Å²) in [5.41, 5.74) is 4.58. The van der Waals surface area contributed by atoms with Crippen LogP contribution >= 0.6 is 0 Å². The lowest BCUT2D eigenvalue weighted by molar-refractivity contribution is 0.175. The van der Waals surface area contributed by atoms with Crippen molar-refractivity contribution in [1.29, 1.82) is 0 Å². The summed E-state index contributed by atoms with van der Waals surface area (Å²) in [5, 5.41) is 23.2. The lowest BCUT2D eigenvalue weighted by Gasteiger charge is -2.39. The molecule has 0 unspecified atom stereocenters. The third-order valence-electron chi connectivity index (χ3n) is 6.52. The smallest absolute Gasteiger partial charge is 0.135 e. The van der Waals surface area contributed by atoms with Gasteiger partial charge in [0.2, 0.25) is 0 Å². The highest BCUT2D eigenvalue weighted by Crippen LogP contribution is 2.50. The molecule has 0 amide bonds. The van der Waals surface area contributed by atoms with Crippen LogP contribution in [-0.4, -0.2) is 42.4 Å². The van der Waals surface area contributed by atoms with Gasteiger partial charge in [0.15, 0.2) is 0 Å². The topological polar surface area (TPSA) is 62.2 Å². The Bertz CT molecular complexity index is 1140. The van der Waals surface area contributed by atoms with Crippen LogP contribution in [0.2, 0.25) is 0 Å². The highest BCUT2D eigenvalue weighted by atomic mass is 16.5. The number of phenolic OH excluding ortho intramolecular Hbond substituents is 2. The molecule has 0 spiro atoms. The molecule has 1 heterocycles. The van der Waals surface area contributed by atoms with E-state index in [1.54, 1.807) is 20.3 Å². The molecule has 0 radical (unpaired) electrons. The Hall–Kier alpha value is -2.92. The largest absolute Gasteiger partial charge is 0.507 e. The molecule has 0 bridgehead atoms. The number of ether oxygens (including phenoxy) is 2. The van der Waals surface area contributed by atoms with Crippen LogP contribution < -0.4 is 9.47 Å². The van der Waals surface area contributed by atoms with Gasteiger partial charge in [-0.15, -0.1) is 0 Å². The predicted octanol–water partition coefficient (Wildman–Crippen LogP) is 5.18. The van der Waals surface area contributed by atoms with Gasteiger partial charge in [-0.25, -0.2) is 0 Å². The van der Waals surface area contributed by atoms with Crippen LogP contribution in [0.1, 0.15) is 36.6 Å². The maximum Gasteiger partial charge on any atom is 0.135 e. The van der Waals surface area contributed by atoms with Crippen molar-refractivity contribution in [1.82, 2.24) is 4.90 Å². The van der Waals surface area contributed by atoms with Crippen LogP contribution in [0.4, 0.5) is 0 Å². The summed E-state index contributed by atoms with van der Waals surface area (Å²) in [6.07, 6.45) is 0.851. The molecule has 2 N–H and O–H groups in total. The number of phenols is 2. The molecule has 4 rings (SSSR count). The summed E-state index contributed by atoms with van der Waals surface area (Å²) in [7, 11) is 5.36. The SMILES string of the molecule is COc1c(-c2ccc(OC)c3c(O)cc(C)cc23)c(O)cc2c1[C@@H](C)N(C)[C@H](C)C2. The molecule has 158 valence electrons. The zero-order chi connectivity index (χ0) is 21.7. The minimum Gasteiger partial charge on any atom is -0.507 e. The number of likely N-dealkylation sites (N-methyl/N-ethyl adjacent to an activating group) is 1. The summed E-state index contributed by atoms with van der Waals surface area (Å²) in [6.45, 7) is 6.30. The first-order chi connectivity index (χ1) is 14.3. The molecule has 1 aliphatic rings. The van der Waals surface area contributed by atoms with Crippen molar-refractivity contribution in [3.63, 3.8) is 0 Å². The third kappa shape index (κ3) is 2.96. The average molecular weight is 408 g/mol. The monoisotopic (exact) mass is 407 g/mol. The van der Waals surface area contributed by atoms with Crippen molar-refractivity contribution in [2.75, 3.05) is 21.3 Å². The maximum atomic E-state index is 11.1. The summed E-state index contributed by atoms with van der Waals surface area (Å²) in [6, 6.07) is 9.87. The van der Waals surface area contributed by atoms with Crippen LogP contribution in [0.15, 0.2) is 30.3 Å². The van der Waals surface area contributed by atoms with Gasteiger partial charge < -0.3 is 19.7 Å². The van der Waals surface area contributed by atoms with Crippen molar-refractivity contribution in [3.8, 4) is 34.1 Å². The van der Waals surface area contributed by atoms with Crippen LogP contribution in [0.3, 0.4) is 0 Å². The fourth-order valence-electron chi connectivity index (χ4n) is 4.82. The van der Waals surface area contributed by atoms with Gasteiger partial charge in [0.1, 0.15) is 23.0 Å². The molecule has 0 aliphatic carbocycles. The second-order valence-electron chi connectivity index (χ2n) is 8.29. The minimum atomic E-state index is 0.151. The fraction of sp³-hybridized carbons (Fsp3) is 0.360. The molecule has 1 aliphatic heterocycles. The number of benzene rings is 3. The Morgan fingerprint density at radius 2 is 1.73 bits per heavy atom. The molecular formula is C25H29NO4. The van der Waals surface area contributed by atoms with Crippen LogP contribution in [0.5, 0.6) is 23.0 Å². The number of rotatable bonds is 3. The Morgan fingerprint density at radius 1 is 1.00 bits per heavy atom. The molecule has 0 fully saturated rings. The number of hydrogen-bond acceptors (Lipinski definition) is 5. The normalized spacial score (nSPS) is 19.0. The number of hydrogen-bond donors (Lipinski definition) is 2. The van der Waals surface area contributed by atoms with Gasteiger partial charge in [-0.1, -0.05) is 6.07 Å². The maximum absolute atomic E-state index is 11.1. The second-order valence-corrected chi connectivity index (χ2v) is 8.29. The van der Waals surface area contributed by atoms with Gasteiger partial charge in [-0.3, -0.25) is 4.90 Å². The molecule has 30 heavy (non-hydrogen) atoms. The van der Waals surface area contributed by atoms with E-state index in [4.69, 9.17) is 9.47 Å². The second kappa shape index (κ2) is 7.40. The Morgan fingerprint density at radius 3 is 2.40 bits per heavy atom. The van der Waals surface area contributed by atoms with Crippen LogP contribution in [0, 0.1) is 6.92 Å². The van der Waals surface area contributed by atoms with E-state index in [1.807, 2.05) is 31.2 Å². The molecule has 0 saturated carbocycles. The summed E-state index contributed by atoms with van der Waals surface area (Å²) in [4.78, 5) is 2.33. The van der Waals surface area contributed by atoms with Gasteiger partial charge in [0.05, 0.1) is 25.2 Å². The average Bonchev–Trinajstić information content (AvgIpc) is 2.70. The van der Waals surface area contributed by atoms with E-state index >= 15 is 0 Å². The lowest BCUT2D eigenvalue weighted by atomic mass is 9.84. The number of methoxy groups -OCH3 is 2. The summed E-state index contributed by atoms with van der Waals surface area (Å²) >= 11 is 0. The van der Waals surface area contributed by atoms with E-state index in [-0.39, 0.29) is 17.5 Å². The highest BCUT2D eigenvalue weighted by Gasteiger charge is 2.32. The van der Waals surface area contributed by atoms with Crippen molar-refractivity contribution in [2.24, 2.45) is 0 Å². The van der Waals surface area contributed by atoms with E-state index in [9.17, 15) is 10.2 Å². The molecule has 2 atom stereocenters. The molecular weight excluding hydrogens is 378 g/mol. The molecule has 0 saturated heterocycles. The first-order valence-corrected chi connectivity index (χ1v) is 10.2. The van der Waals surface area contributed by atoms with Gasteiger partial charge >= 0.3 is 0 Å². The molecule has 5 nitrogen and oxygen atoms in total. The van der Waals surface area contributed by atoms with Crippen LogP contribution in [0.25, 0.3) is 21.9 Å². The first kappa shape index (κ1) is 20.4. The van der Waals surface area contributed by atoms with Gasteiger partial charge in [-0.2, -0.15) is 0 Å². The van der Waals surface area contributed by atoms with E-state index in [0.717, 1.165) is 34.1 Å². The van der Waals surface area contributed by atoms with Crippen LogP contribution in [-0.2, 0) is 6.42 Å². The quantitative estimate of drug-likeness (QED) is 0.626. The lowest BCUT2D eigenvalue weighted by Crippen LogP contribution is -2.38. The zero-order valence-electron chi connectivity index (χ0n) is 18.4. The number of aromatic hydroxyl groups is 2. The van der Waals surface area contributed by atoms with Gasteiger partial charge in [0.25, 0.3) is 0 Å². The number of aryl methyl sites for hydroxylation is 1. The van der Waals surface area contributed by atoms with Crippen molar-refractivity contribution >= 4 is 10.8 Å². The Kier molecular flexibility index (Phi) is 5.02. The molecule has 5 heteroatoms. The molecule has 0 aromatic heterocycles. The third-order valence-corrected chi connectivity index (χ3v) is 6.52. The van der Waals surface area contributed by atoms with E-state index in [1.165, 1.54) is 0 Å².